The summed E-state index contributed by atoms with van der Waals surface area (Å²) in [6.07, 6.45) is 72.3. The average molecular weight is 1390 g/mol. The summed E-state index contributed by atoms with van der Waals surface area (Å²) >= 11 is 0. The van der Waals surface area contributed by atoms with E-state index in [1.807, 2.05) is 0 Å². The Bertz CT molecular complexity index is 2250. The van der Waals surface area contributed by atoms with E-state index in [1.165, 1.54) is 32.1 Å². The number of aliphatic hydroxyl groups is 1. The van der Waals surface area contributed by atoms with Crippen molar-refractivity contribution in [2.24, 2.45) is 0 Å². The van der Waals surface area contributed by atoms with E-state index < -0.39 is 97.5 Å². The first kappa shape index (κ1) is 91.7. The summed E-state index contributed by atoms with van der Waals surface area (Å²) in [6.45, 7) is 4.55. The van der Waals surface area contributed by atoms with Crippen LogP contribution in [-0.2, 0) is 65.4 Å². The van der Waals surface area contributed by atoms with Gasteiger partial charge in [-0.2, -0.15) is 0 Å². The van der Waals surface area contributed by atoms with Gasteiger partial charge in [0.05, 0.1) is 26.4 Å². The highest BCUT2D eigenvalue weighted by molar-refractivity contribution is 7.47. The van der Waals surface area contributed by atoms with Crippen LogP contribution < -0.4 is 0 Å². The van der Waals surface area contributed by atoms with Crippen LogP contribution in [-0.4, -0.2) is 96.7 Å². The highest BCUT2D eigenvalue weighted by Crippen LogP contribution is 2.45. The number of allylic oxidation sites excluding steroid dienone is 18. The number of aliphatic hydroxyl groups excluding tert-OH is 1. The Kier molecular flexibility index (Phi) is 66.1. The lowest BCUT2D eigenvalue weighted by Gasteiger charge is -2.21. The monoisotopic (exact) mass is 1390 g/mol. The zero-order valence-electron chi connectivity index (χ0n) is 60.0. The molecule has 0 saturated heterocycles. The van der Waals surface area contributed by atoms with Gasteiger partial charge < -0.3 is 33.8 Å². The van der Waals surface area contributed by atoms with E-state index in [2.05, 4.69) is 137 Å². The molecule has 0 rings (SSSR count). The van der Waals surface area contributed by atoms with Crippen molar-refractivity contribution < 1.29 is 80.2 Å². The Morgan fingerprint density at radius 3 is 0.917 bits per heavy atom. The number of hydrogen-bond acceptors (Lipinski definition) is 15. The van der Waals surface area contributed by atoms with Crippen LogP contribution in [0.25, 0.3) is 0 Å². The maximum absolute atomic E-state index is 13.0. The van der Waals surface area contributed by atoms with Gasteiger partial charge in [0.25, 0.3) is 0 Å². The lowest BCUT2D eigenvalue weighted by atomic mass is 10.1. The summed E-state index contributed by atoms with van der Waals surface area (Å²) in [5, 5.41) is 10.6. The average Bonchev–Trinajstić information content (AvgIpc) is 1.13. The van der Waals surface area contributed by atoms with Crippen molar-refractivity contribution in [1.82, 2.24) is 0 Å². The van der Waals surface area contributed by atoms with Gasteiger partial charge in [-0.3, -0.25) is 37.3 Å². The predicted octanol–water partition coefficient (Wildman–Crippen LogP) is 21.0. The van der Waals surface area contributed by atoms with Gasteiger partial charge in [0.1, 0.15) is 19.3 Å². The molecule has 0 amide bonds. The van der Waals surface area contributed by atoms with Crippen LogP contribution in [0.15, 0.2) is 109 Å². The third-order valence-electron chi connectivity index (χ3n) is 15.2. The topological polar surface area (TPSA) is 237 Å². The summed E-state index contributed by atoms with van der Waals surface area (Å²) in [5.74, 6) is -2.24. The van der Waals surface area contributed by atoms with Crippen molar-refractivity contribution >= 4 is 39.5 Å². The standard InChI is InChI=1S/C77H132O17P2/c1-5-9-13-17-21-25-29-32-34-35-37-40-43-46-50-54-58-62-75(80)87-67-72(93-76(81)63-59-55-51-47-41-28-24-20-16-12-8-4)69-91-95(83,84)89-65-71(78)66-90-96(85,86)92-70-73(94-77(82)64-60-56-52-48-44-38-31-27-23-19-15-11-7-3)68-88-74(79)61-57-53-49-45-42-39-36-33-30-26-22-18-14-10-6-2/h9,13,15,19-22,24-27,31-34,36-37,40,71-73,78H,5-8,10-12,14,16-18,23,28-30,35,38-39,41-70H2,1-4H3,(H,83,84)(H,85,86)/b13-9-,19-15-,24-20-,25-21-,26-22-,31-27-,34-32-,36-33-,40-37-. The number of unbranched alkanes of at least 4 members (excludes halogenated alkanes) is 25. The van der Waals surface area contributed by atoms with Crippen molar-refractivity contribution in [2.75, 3.05) is 39.6 Å². The molecule has 0 bridgehead atoms. The lowest BCUT2D eigenvalue weighted by Crippen LogP contribution is -2.30. The minimum absolute atomic E-state index is 0.0743. The van der Waals surface area contributed by atoms with Crippen LogP contribution in [0.4, 0.5) is 0 Å². The van der Waals surface area contributed by atoms with Crippen LogP contribution in [0.5, 0.6) is 0 Å². The number of ether oxygens (including phenoxy) is 4. The molecule has 0 aliphatic rings. The second-order valence-electron chi connectivity index (χ2n) is 24.5. The molecule has 5 atom stereocenters. The molecular formula is C77H132O17P2. The van der Waals surface area contributed by atoms with E-state index in [9.17, 15) is 43.2 Å². The molecule has 0 saturated carbocycles. The van der Waals surface area contributed by atoms with Crippen molar-refractivity contribution in [3.8, 4) is 0 Å². The Morgan fingerprint density at radius 1 is 0.302 bits per heavy atom. The van der Waals surface area contributed by atoms with Gasteiger partial charge in [0.2, 0.25) is 0 Å². The molecule has 552 valence electrons. The molecule has 0 aromatic carbocycles. The maximum atomic E-state index is 13.0. The summed E-state index contributed by atoms with van der Waals surface area (Å²) < 4.78 is 68.3. The van der Waals surface area contributed by atoms with Crippen molar-refractivity contribution in [3.05, 3.63) is 109 Å². The highest BCUT2D eigenvalue weighted by Gasteiger charge is 2.30. The van der Waals surface area contributed by atoms with E-state index in [0.29, 0.717) is 25.7 Å². The van der Waals surface area contributed by atoms with Gasteiger partial charge >= 0.3 is 39.5 Å². The molecule has 0 radical (unpaired) electrons. The molecule has 96 heavy (non-hydrogen) atoms. The summed E-state index contributed by atoms with van der Waals surface area (Å²) in [4.78, 5) is 72.7. The molecule has 19 heteroatoms. The Balaban J connectivity index is 5.35. The number of esters is 4. The van der Waals surface area contributed by atoms with Crippen molar-refractivity contribution in [1.29, 1.82) is 0 Å². The van der Waals surface area contributed by atoms with Crippen LogP contribution >= 0.6 is 15.6 Å². The van der Waals surface area contributed by atoms with Gasteiger partial charge in [-0.15, -0.1) is 0 Å². The van der Waals surface area contributed by atoms with Gasteiger partial charge in [-0.05, 0) is 141 Å². The van der Waals surface area contributed by atoms with Gasteiger partial charge in [0.15, 0.2) is 12.2 Å². The van der Waals surface area contributed by atoms with E-state index in [0.717, 1.165) is 186 Å². The second kappa shape index (κ2) is 69.2. The summed E-state index contributed by atoms with van der Waals surface area (Å²) in [6, 6.07) is 0. The minimum Gasteiger partial charge on any atom is -0.462 e. The molecule has 17 nitrogen and oxygen atoms in total. The molecule has 0 fully saturated rings. The fourth-order valence-electron chi connectivity index (χ4n) is 9.49. The Morgan fingerprint density at radius 2 is 0.573 bits per heavy atom. The van der Waals surface area contributed by atoms with E-state index >= 15 is 0 Å². The SMILES string of the molecule is CC/C=C\C/C=C\C/C=C\C/C=C\CCCCCCC(=O)OCC(COP(=O)(O)OCC(O)COP(=O)(O)OCC(COC(=O)CCCCCCC/C=C\C/C=C\CCCCC)OC(=O)CCCCCCC/C=C\C/C=C\CCC)OC(=O)CCCCCCC/C=C\CCCC. The van der Waals surface area contributed by atoms with Crippen LogP contribution in [0.2, 0.25) is 0 Å². The normalized spacial score (nSPS) is 14.6. The Labute approximate surface area is 581 Å². The third-order valence-corrected chi connectivity index (χ3v) is 17.1. The molecule has 0 aliphatic heterocycles. The summed E-state index contributed by atoms with van der Waals surface area (Å²) in [7, 11) is -9.96. The van der Waals surface area contributed by atoms with Gasteiger partial charge in [-0.1, -0.05) is 240 Å². The molecule has 0 heterocycles. The number of phosphoric ester groups is 2. The number of rotatable bonds is 69. The van der Waals surface area contributed by atoms with Crippen LogP contribution in [0, 0.1) is 0 Å². The van der Waals surface area contributed by atoms with Crippen molar-refractivity contribution in [2.45, 2.75) is 316 Å². The van der Waals surface area contributed by atoms with Gasteiger partial charge in [0, 0.05) is 25.7 Å². The molecule has 3 N–H and O–H groups in total. The number of carbonyl (C=O) groups excluding carboxylic acids is 4. The molecule has 0 aliphatic carbocycles. The second-order valence-corrected chi connectivity index (χ2v) is 27.4. The maximum Gasteiger partial charge on any atom is 0.472 e. The molecule has 0 aromatic heterocycles. The molecular weight excluding hydrogens is 1260 g/mol. The van der Waals surface area contributed by atoms with Gasteiger partial charge in [-0.25, -0.2) is 9.13 Å². The minimum atomic E-state index is -4.98. The predicted molar refractivity (Wildman–Crippen MR) is 390 cm³/mol. The first-order chi connectivity index (χ1) is 46.7. The highest BCUT2D eigenvalue weighted by atomic mass is 31.2. The summed E-state index contributed by atoms with van der Waals surface area (Å²) in [5.41, 5.74) is 0. The largest absolute Gasteiger partial charge is 0.472 e. The lowest BCUT2D eigenvalue weighted by molar-refractivity contribution is -0.161. The first-order valence-electron chi connectivity index (χ1n) is 37.1. The van der Waals surface area contributed by atoms with Crippen LogP contribution in [0.3, 0.4) is 0 Å². The quantitative estimate of drug-likeness (QED) is 0.0169. The number of phosphoric acid groups is 2. The molecule has 5 unspecified atom stereocenters. The van der Waals surface area contributed by atoms with Crippen LogP contribution in [0.1, 0.15) is 297 Å². The zero-order valence-corrected chi connectivity index (χ0v) is 61.8. The van der Waals surface area contributed by atoms with E-state index in [-0.39, 0.29) is 25.7 Å². The smallest absolute Gasteiger partial charge is 0.462 e. The first-order valence-corrected chi connectivity index (χ1v) is 40.1. The van der Waals surface area contributed by atoms with E-state index in [4.69, 9.17) is 37.0 Å². The zero-order chi connectivity index (χ0) is 70.4. The molecule has 0 aromatic rings. The third kappa shape index (κ3) is 68.3. The molecule has 0 spiro atoms. The Hall–Kier alpha value is -4.28. The number of carbonyl (C=O) groups is 4. The fraction of sp³-hybridized carbons (Fsp3) is 0.714. The number of hydrogen-bond donors (Lipinski definition) is 3. The van der Waals surface area contributed by atoms with Crippen molar-refractivity contribution in [3.63, 3.8) is 0 Å². The fourth-order valence-corrected chi connectivity index (χ4v) is 11.1. The van der Waals surface area contributed by atoms with E-state index in [1.54, 1.807) is 0 Å².